The van der Waals surface area contributed by atoms with E-state index in [4.69, 9.17) is 5.48 Å². The summed E-state index contributed by atoms with van der Waals surface area (Å²) >= 11 is 0. The smallest absolute Gasteiger partial charge is 0.155 e. The maximum atomic E-state index is 11.8. The highest BCUT2D eigenvalue weighted by Crippen LogP contribution is 2.66. The minimum absolute atomic E-state index is 0.263. The number of carbonyl (C=O) groups is 1. The van der Waals surface area contributed by atoms with E-state index >= 15 is 0 Å². The lowest BCUT2D eigenvalue weighted by Crippen LogP contribution is -2.53. The molecule has 4 rings (SSSR count). The molecule has 6 atom stereocenters. The minimum atomic E-state index is -2.22. The van der Waals surface area contributed by atoms with E-state index in [1.54, 1.807) is 0 Å². The van der Waals surface area contributed by atoms with Crippen molar-refractivity contribution in [2.45, 2.75) is 83.6 Å². The summed E-state index contributed by atoms with van der Waals surface area (Å²) in [4.78, 5) is 11.8. The maximum Gasteiger partial charge on any atom is 0.155 e. The molecule has 0 bridgehead atoms. The topological polar surface area (TPSA) is 37.3 Å². The van der Waals surface area contributed by atoms with E-state index in [1.807, 2.05) is 6.08 Å². The average molecular weight is 321 g/mol. The second kappa shape index (κ2) is 5.44. The fourth-order valence-corrected chi connectivity index (χ4v) is 6.96. The van der Waals surface area contributed by atoms with Gasteiger partial charge in [0.05, 0.1) is 5.60 Å². The van der Waals surface area contributed by atoms with Gasteiger partial charge >= 0.3 is 0 Å². The highest BCUT2D eigenvalue weighted by Gasteiger charge is 2.62. The van der Waals surface area contributed by atoms with Gasteiger partial charge in [-0.3, -0.25) is 4.79 Å². The fraction of sp³-hybridized carbons (Fsp3) is 0.857. The number of ketones is 1. The summed E-state index contributed by atoms with van der Waals surface area (Å²) in [6, 6.07) is 0. The van der Waals surface area contributed by atoms with Gasteiger partial charge in [0.15, 0.2) is 5.78 Å². The zero-order valence-corrected chi connectivity index (χ0v) is 14.2. The molecular weight excluding hydrogens is 284 g/mol. The van der Waals surface area contributed by atoms with Crippen LogP contribution in [0.15, 0.2) is 11.6 Å². The third kappa shape index (κ3) is 2.06. The second-order valence-corrected chi connectivity index (χ2v) is 8.40. The summed E-state index contributed by atoms with van der Waals surface area (Å²) in [5, 5.41) is 11.6. The molecule has 0 aromatic carbocycles. The zero-order chi connectivity index (χ0) is 19.6. The van der Waals surface area contributed by atoms with Gasteiger partial charge in [0, 0.05) is 17.3 Å². The molecule has 0 spiro atoms. The van der Waals surface area contributed by atoms with Crippen LogP contribution in [0.1, 0.15) is 83.4 Å². The summed E-state index contributed by atoms with van der Waals surface area (Å²) in [5.41, 5.74) is -0.779. The lowest BCUT2D eigenvalue weighted by atomic mass is 9.49. The summed E-state index contributed by atoms with van der Waals surface area (Å²) in [5.74, 6) is 2.02. The number of carbonyl (C=O) groups excluding carboxylic acids is 1. The SMILES string of the molecule is [2H]C([2H])C([2H])([2H])[C@]1(O)CC[C@H]2[C@@H]3CCC4=CC(=O)CC[C@@H]4[C@H]3CC[C@@]21CC. The molecule has 4 aliphatic carbocycles. The molecule has 2 heteroatoms. The van der Waals surface area contributed by atoms with Crippen molar-refractivity contribution in [3.05, 3.63) is 11.6 Å². The molecule has 2 nitrogen and oxygen atoms in total. The van der Waals surface area contributed by atoms with E-state index in [-0.39, 0.29) is 11.7 Å². The van der Waals surface area contributed by atoms with Crippen molar-refractivity contribution in [3.63, 3.8) is 0 Å². The molecule has 128 valence electrons. The maximum absolute atomic E-state index is 11.8. The first kappa shape index (κ1) is 11.8. The Labute approximate surface area is 146 Å². The Morgan fingerprint density at radius 2 is 2.13 bits per heavy atom. The Kier molecular flexibility index (Phi) is 2.80. The molecule has 3 fully saturated rings. The highest BCUT2D eigenvalue weighted by molar-refractivity contribution is 5.91. The van der Waals surface area contributed by atoms with Crippen LogP contribution >= 0.6 is 0 Å². The molecule has 3 saturated carbocycles. The van der Waals surface area contributed by atoms with Crippen LogP contribution in [0.25, 0.3) is 0 Å². The first-order valence-electron chi connectivity index (χ1n) is 11.6. The van der Waals surface area contributed by atoms with Crippen LogP contribution in [-0.2, 0) is 4.79 Å². The largest absolute Gasteiger partial charge is 0.389 e. The van der Waals surface area contributed by atoms with E-state index in [0.29, 0.717) is 37.0 Å². The Balaban J connectivity index is 1.69. The lowest BCUT2D eigenvalue weighted by molar-refractivity contribution is -0.132. The molecule has 0 amide bonds. The van der Waals surface area contributed by atoms with Crippen LogP contribution in [0.5, 0.6) is 0 Å². The summed E-state index contributed by atoms with van der Waals surface area (Å²) in [7, 11) is 0. The van der Waals surface area contributed by atoms with Gasteiger partial charge in [-0.2, -0.15) is 0 Å². The molecule has 0 aromatic rings. The Morgan fingerprint density at radius 3 is 2.91 bits per heavy atom. The lowest BCUT2D eigenvalue weighted by Gasteiger charge is -2.57. The Hall–Kier alpha value is -0.630. The normalized spacial score (nSPS) is 52.5. The first-order valence-corrected chi connectivity index (χ1v) is 9.48. The number of aliphatic hydroxyl groups is 1. The van der Waals surface area contributed by atoms with Crippen molar-refractivity contribution in [2.24, 2.45) is 29.1 Å². The van der Waals surface area contributed by atoms with Gasteiger partial charge in [0.2, 0.25) is 0 Å². The van der Waals surface area contributed by atoms with Gasteiger partial charge in [-0.25, -0.2) is 0 Å². The first-order chi connectivity index (χ1) is 12.7. The predicted octanol–water partition coefficient (Wildman–Crippen LogP) is 4.66. The minimum Gasteiger partial charge on any atom is -0.389 e. The number of rotatable bonds is 2. The molecule has 0 aromatic heterocycles. The van der Waals surface area contributed by atoms with Gasteiger partial charge in [-0.05, 0) is 87.5 Å². The van der Waals surface area contributed by atoms with Crippen molar-refractivity contribution >= 4 is 5.78 Å². The Morgan fingerprint density at radius 1 is 1.26 bits per heavy atom. The standard InChI is InChI=1S/C21H32O2/c1-3-20-11-9-17-16-8-6-15(22)13-14(16)5-7-18(17)19(20)10-12-21(20,23)4-2/h13,16-19,23H,3-12H2,1-2H3/t16-,17+,18+,19-,20-,21-/m0/s1/i2D2,4D2. The average Bonchev–Trinajstić information content (AvgIpc) is 2.96. The second-order valence-electron chi connectivity index (χ2n) is 8.40. The molecule has 1 N–H and O–H groups in total. The van der Waals surface area contributed by atoms with Gasteiger partial charge in [0.25, 0.3) is 0 Å². The molecule has 0 radical (unpaired) electrons. The third-order valence-corrected chi connectivity index (χ3v) is 8.02. The van der Waals surface area contributed by atoms with E-state index in [2.05, 4.69) is 6.92 Å². The van der Waals surface area contributed by atoms with Crippen molar-refractivity contribution < 1.29 is 15.4 Å². The summed E-state index contributed by atoms with van der Waals surface area (Å²) in [6.07, 6.45) is 6.84. The molecule has 23 heavy (non-hydrogen) atoms. The van der Waals surface area contributed by atoms with Crippen LogP contribution in [0.2, 0.25) is 0 Å². The summed E-state index contributed by atoms with van der Waals surface area (Å²) < 4.78 is 32.4. The van der Waals surface area contributed by atoms with E-state index < -0.39 is 24.3 Å². The molecular formula is C21H32O2. The molecule has 0 heterocycles. The number of hydrogen-bond acceptors (Lipinski definition) is 2. The van der Waals surface area contributed by atoms with Gasteiger partial charge < -0.3 is 5.11 Å². The van der Waals surface area contributed by atoms with Crippen molar-refractivity contribution in [1.29, 1.82) is 0 Å². The van der Waals surface area contributed by atoms with E-state index in [0.717, 1.165) is 38.5 Å². The monoisotopic (exact) mass is 320 g/mol. The summed E-state index contributed by atoms with van der Waals surface area (Å²) in [6.45, 7) is 0.364. The van der Waals surface area contributed by atoms with Gasteiger partial charge in [-0.15, -0.1) is 0 Å². The molecule has 0 saturated heterocycles. The third-order valence-electron chi connectivity index (χ3n) is 8.02. The number of fused-ring (bicyclic) bond motifs is 5. The predicted molar refractivity (Wildman–Crippen MR) is 92.0 cm³/mol. The molecule has 0 aliphatic heterocycles. The number of allylic oxidation sites excluding steroid dienone is 1. The quantitative estimate of drug-likeness (QED) is 0.803. The number of hydrogen-bond donors (Lipinski definition) is 1. The van der Waals surface area contributed by atoms with Crippen LogP contribution in [0.3, 0.4) is 0 Å². The molecule has 0 unspecified atom stereocenters. The highest BCUT2D eigenvalue weighted by atomic mass is 16.3. The Bertz CT molecular complexity index is 661. The van der Waals surface area contributed by atoms with Crippen LogP contribution < -0.4 is 0 Å². The van der Waals surface area contributed by atoms with Gasteiger partial charge in [0.1, 0.15) is 0 Å². The van der Waals surface area contributed by atoms with Gasteiger partial charge in [-0.1, -0.05) is 19.4 Å². The molecule has 4 aliphatic rings. The van der Waals surface area contributed by atoms with Crippen molar-refractivity contribution in [2.75, 3.05) is 0 Å². The van der Waals surface area contributed by atoms with Crippen LogP contribution in [0, 0.1) is 29.1 Å². The van der Waals surface area contributed by atoms with Crippen molar-refractivity contribution in [3.8, 4) is 0 Å². The van der Waals surface area contributed by atoms with E-state index in [1.165, 1.54) is 5.57 Å². The van der Waals surface area contributed by atoms with Crippen LogP contribution in [-0.4, -0.2) is 16.5 Å². The fourth-order valence-electron chi connectivity index (χ4n) is 6.96. The van der Waals surface area contributed by atoms with E-state index in [9.17, 15) is 9.90 Å². The van der Waals surface area contributed by atoms with Crippen molar-refractivity contribution in [1.82, 2.24) is 0 Å². The zero-order valence-electron chi connectivity index (χ0n) is 18.2. The van der Waals surface area contributed by atoms with Crippen LogP contribution in [0.4, 0.5) is 0 Å².